The number of aliphatic carboxylic acids is 1. The van der Waals surface area contributed by atoms with Gasteiger partial charge in [0.1, 0.15) is 13.2 Å². The highest BCUT2D eigenvalue weighted by molar-refractivity contribution is 7.08. The maximum Gasteiger partial charge on any atom is 0.329 e. The molecular formula is C9H10N2O5S. The predicted molar refractivity (Wildman–Crippen MR) is 59.9 cm³/mol. The second-order valence-corrected chi connectivity index (χ2v) is 3.68. The quantitative estimate of drug-likeness (QED) is 0.713. The van der Waals surface area contributed by atoms with Crippen LogP contribution in [-0.4, -0.2) is 36.2 Å². The van der Waals surface area contributed by atoms with Crippen LogP contribution < -0.4 is 10.6 Å². The first-order chi connectivity index (χ1) is 8.08. The molecule has 1 aromatic heterocycles. The smallest absolute Gasteiger partial charge is 0.329 e. The zero-order valence-corrected chi connectivity index (χ0v) is 9.45. The summed E-state index contributed by atoms with van der Waals surface area (Å²) in [6.45, 7) is -1.07. The third kappa shape index (κ3) is 5.64. The summed E-state index contributed by atoms with van der Waals surface area (Å²) in [6.07, 6.45) is 0. The fraction of sp³-hybridized carbons (Fsp3) is 0.222. The molecule has 0 fully saturated rings. The molecule has 0 aliphatic rings. The Kier molecular flexibility index (Phi) is 5.11. The topological polar surface area (TPSA) is 105 Å². The summed E-state index contributed by atoms with van der Waals surface area (Å²) >= 11 is 1.40. The van der Waals surface area contributed by atoms with Crippen LogP contribution in [0.4, 0.5) is 10.5 Å². The molecule has 92 valence electrons. The zero-order valence-electron chi connectivity index (χ0n) is 8.63. The van der Waals surface area contributed by atoms with Crippen LogP contribution in [0.3, 0.4) is 0 Å². The Bertz CT molecular complexity index is 404. The second-order valence-electron chi connectivity index (χ2n) is 2.90. The Morgan fingerprint density at radius 2 is 2.12 bits per heavy atom. The second kappa shape index (κ2) is 6.61. The van der Waals surface area contributed by atoms with Gasteiger partial charge < -0.3 is 15.2 Å². The van der Waals surface area contributed by atoms with Crippen molar-refractivity contribution >= 4 is 34.9 Å². The number of ether oxygens (including phenoxy) is 1. The van der Waals surface area contributed by atoms with E-state index in [-0.39, 0.29) is 0 Å². The number of urea groups is 1. The number of carboxylic acid groups (broad SMARTS) is 1. The van der Waals surface area contributed by atoms with Gasteiger partial charge in [0, 0.05) is 5.38 Å². The number of thiophene rings is 1. The molecule has 8 heteroatoms. The average molecular weight is 258 g/mol. The van der Waals surface area contributed by atoms with Crippen LogP contribution in [0.5, 0.6) is 0 Å². The lowest BCUT2D eigenvalue weighted by Gasteiger charge is -2.04. The lowest BCUT2D eigenvalue weighted by atomic mass is 10.5. The van der Waals surface area contributed by atoms with Crippen LogP contribution in [0.15, 0.2) is 16.8 Å². The SMILES string of the molecule is O=C(O)COCC(=O)NC(=O)Nc1ccsc1. The van der Waals surface area contributed by atoms with E-state index in [4.69, 9.17) is 5.11 Å². The number of amides is 3. The number of imide groups is 1. The first-order valence-electron chi connectivity index (χ1n) is 4.50. The van der Waals surface area contributed by atoms with Gasteiger partial charge in [-0.15, -0.1) is 0 Å². The van der Waals surface area contributed by atoms with Crippen LogP contribution in [0.2, 0.25) is 0 Å². The summed E-state index contributed by atoms with van der Waals surface area (Å²) in [5.41, 5.74) is 0.576. The minimum absolute atomic E-state index is 0.483. The van der Waals surface area contributed by atoms with E-state index in [0.717, 1.165) is 0 Å². The van der Waals surface area contributed by atoms with Crippen LogP contribution in [0, 0.1) is 0 Å². The Balaban J connectivity index is 2.22. The Labute approximate surface area is 100 Å². The Morgan fingerprint density at radius 1 is 1.35 bits per heavy atom. The molecule has 0 saturated carbocycles. The maximum absolute atomic E-state index is 11.2. The molecule has 1 rings (SSSR count). The van der Waals surface area contributed by atoms with Gasteiger partial charge >= 0.3 is 12.0 Å². The zero-order chi connectivity index (χ0) is 12.7. The number of hydrogen-bond donors (Lipinski definition) is 3. The number of carboxylic acids is 1. The number of nitrogens with one attached hydrogen (secondary N) is 2. The normalized spacial score (nSPS) is 9.65. The van der Waals surface area contributed by atoms with Gasteiger partial charge in [0.15, 0.2) is 0 Å². The maximum atomic E-state index is 11.2. The predicted octanol–water partition coefficient (Wildman–Crippen LogP) is 0.497. The van der Waals surface area contributed by atoms with E-state index >= 15 is 0 Å². The lowest BCUT2D eigenvalue weighted by molar-refractivity contribution is -0.143. The van der Waals surface area contributed by atoms with Crippen LogP contribution >= 0.6 is 11.3 Å². The first kappa shape index (κ1) is 13.1. The molecule has 0 unspecified atom stereocenters. The van der Waals surface area contributed by atoms with Gasteiger partial charge in [-0.05, 0) is 11.4 Å². The van der Waals surface area contributed by atoms with Crippen LogP contribution in [0.1, 0.15) is 0 Å². The molecule has 0 aliphatic heterocycles. The van der Waals surface area contributed by atoms with Crippen LogP contribution in [-0.2, 0) is 14.3 Å². The monoisotopic (exact) mass is 258 g/mol. The molecule has 1 heterocycles. The Hall–Kier alpha value is -1.93. The van der Waals surface area contributed by atoms with Crippen molar-refractivity contribution in [2.45, 2.75) is 0 Å². The minimum Gasteiger partial charge on any atom is -0.480 e. The van der Waals surface area contributed by atoms with Gasteiger partial charge in [0.2, 0.25) is 0 Å². The average Bonchev–Trinajstić information content (AvgIpc) is 2.69. The van der Waals surface area contributed by atoms with Crippen molar-refractivity contribution < 1.29 is 24.2 Å². The van der Waals surface area contributed by atoms with Crippen molar-refractivity contribution in [3.05, 3.63) is 16.8 Å². The van der Waals surface area contributed by atoms with Crippen molar-refractivity contribution in [1.29, 1.82) is 0 Å². The summed E-state index contributed by atoms with van der Waals surface area (Å²) in [7, 11) is 0. The van der Waals surface area contributed by atoms with E-state index in [1.54, 1.807) is 16.8 Å². The molecule has 0 bridgehead atoms. The number of carbonyl (C=O) groups is 3. The molecule has 3 N–H and O–H groups in total. The highest BCUT2D eigenvalue weighted by Gasteiger charge is 2.08. The fourth-order valence-corrected chi connectivity index (χ4v) is 1.48. The van der Waals surface area contributed by atoms with E-state index in [1.165, 1.54) is 11.3 Å². The Morgan fingerprint density at radius 3 is 2.71 bits per heavy atom. The molecule has 17 heavy (non-hydrogen) atoms. The van der Waals surface area contributed by atoms with Crippen molar-refractivity contribution in [3.8, 4) is 0 Å². The summed E-state index contributed by atoms with van der Waals surface area (Å²) in [5.74, 6) is -1.89. The van der Waals surface area contributed by atoms with Gasteiger partial charge in [0.25, 0.3) is 5.91 Å². The molecule has 0 radical (unpaired) electrons. The van der Waals surface area contributed by atoms with Gasteiger partial charge in [-0.1, -0.05) is 0 Å². The highest BCUT2D eigenvalue weighted by Crippen LogP contribution is 2.10. The standard InChI is InChI=1S/C9H10N2O5S/c12-7(3-16-4-8(13)14)11-9(15)10-6-1-2-17-5-6/h1-2,5H,3-4H2,(H,13,14)(H2,10,11,12,15). The van der Waals surface area contributed by atoms with E-state index in [9.17, 15) is 14.4 Å². The van der Waals surface area contributed by atoms with Crippen molar-refractivity contribution in [2.75, 3.05) is 18.5 Å². The van der Waals surface area contributed by atoms with E-state index in [2.05, 4.69) is 10.1 Å². The molecule has 7 nitrogen and oxygen atoms in total. The third-order valence-electron chi connectivity index (χ3n) is 1.49. The van der Waals surface area contributed by atoms with Crippen molar-refractivity contribution in [3.63, 3.8) is 0 Å². The van der Waals surface area contributed by atoms with Crippen molar-refractivity contribution in [1.82, 2.24) is 5.32 Å². The van der Waals surface area contributed by atoms with E-state index in [1.807, 2.05) is 5.32 Å². The molecule has 3 amide bonds. The van der Waals surface area contributed by atoms with Gasteiger partial charge in [0.05, 0.1) is 5.69 Å². The molecule has 0 spiro atoms. The number of hydrogen-bond acceptors (Lipinski definition) is 5. The molecule has 0 aromatic carbocycles. The third-order valence-corrected chi connectivity index (χ3v) is 2.17. The molecule has 0 saturated heterocycles. The number of carbonyl (C=O) groups excluding carboxylic acids is 2. The summed E-state index contributed by atoms with van der Waals surface area (Å²) in [6, 6.07) is 0.989. The number of rotatable bonds is 5. The molecular weight excluding hydrogens is 248 g/mol. The summed E-state index contributed by atoms with van der Waals surface area (Å²) in [4.78, 5) is 32.4. The molecule has 0 atom stereocenters. The summed E-state index contributed by atoms with van der Waals surface area (Å²) < 4.78 is 4.50. The largest absolute Gasteiger partial charge is 0.480 e. The summed E-state index contributed by atoms with van der Waals surface area (Å²) in [5, 5.41) is 16.1. The molecule has 0 aliphatic carbocycles. The van der Waals surface area contributed by atoms with Crippen LogP contribution in [0.25, 0.3) is 0 Å². The van der Waals surface area contributed by atoms with E-state index < -0.39 is 31.1 Å². The van der Waals surface area contributed by atoms with E-state index in [0.29, 0.717) is 5.69 Å². The van der Waals surface area contributed by atoms with Gasteiger partial charge in [-0.3, -0.25) is 10.1 Å². The lowest BCUT2D eigenvalue weighted by Crippen LogP contribution is -2.37. The highest BCUT2D eigenvalue weighted by atomic mass is 32.1. The fourth-order valence-electron chi connectivity index (χ4n) is 0.892. The van der Waals surface area contributed by atoms with Gasteiger partial charge in [-0.2, -0.15) is 11.3 Å². The van der Waals surface area contributed by atoms with Crippen molar-refractivity contribution in [2.24, 2.45) is 0 Å². The number of anilines is 1. The van der Waals surface area contributed by atoms with Gasteiger partial charge in [-0.25, -0.2) is 9.59 Å². The molecule has 1 aromatic rings. The minimum atomic E-state index is -1.18. The first-order valence-corrected chi connectivity index (χ1v) is 5.45.